The van der Waals surface area contributed by atoms with Gasteiger partial charge in [0.15, 0.2) is 0 Å². The molecule has 0 aromatic heterocycles. The maximum atomic E-state index is 12.0. The van der Waals surface area contributed by atoms with Crippen molar-refractivity contribution in [3.05, 3.63) is 0 Å². The van der Waals surface area contributed by atoms with Gasteiger partial charge in [-0.3, -0.25) is 4.79 Å². The van der Waals surface area contributed by atoms with Crippen LogP contribution < -0.4 is 16.0 Å². The monoisotopic (exact) mass is 239 g/mol. The Kier molecular flexibility index (Phi) is 4.40. The van der Waals surface area contributed by atoms with Gasteiger partial charge in [0.25, 0.3) is 0 Å². The van der Waals surface area contributed by atoms with E-state index in [4.69, 9.17) is 0 Å². The molecule has 1 amide bonds. The van der Waals surface area contributed by atoms with Crippen LogP contribution in [0.3, 0.4) is 0 Å². The lowest BCUT2D eigenvalue weighted by molar-refractivity contribution is -0.122. The summed E-state index contributed by atoms with van der Waals surface area (Å²) < 4.78 is 0. The highest BCUT2D eigenvalue weighted by molar-refractivity contribution is 5.82. The van der Waals surface area contributed by atoms with Crippen molar-refractivity contribution in [3.8, 4) is 0 Å². The summed E-state index contributed by atoms with van der Waals surface area (Å²) in [5, 5.41) is 9.65. The molecular weight excluding hydrogens is 214 g/mol. The Bertz CT molecular complexity index is 255. The molecule has 4 heteroatoms. The smallest absolute Gasteiger partial charge is 0.237 e. The highest BCUT2D eigenvalue weighted by Crippen LogP contribution is 2.33. The molecule has 4 atom stereocenters. The first-order chi connectivity index (χ1) is 8.20. The molecule has 0 spiro atoms. The molecule has 2 fully saturated rings. The number of hydrogen-bond donors (Lipinski definition) is 3. The summed E-state index contributed by atoms with van der Waals surface area (Å²) in [7, 11) is 1.92. The Hall–Kier alpha value is -0.610. The molecule has 1 aliphatic carbocycles. The van der Waals surface area contributed by atoms with Crippen LogP contribution in [-0.2, 0) is 4.79 Å². The third-order valence-electron chi connectivity index (χ3n) is 4.25. The molecule has 1 aliphatic heterocycles. The highest BCUT2D eigenvalue weighted by Gasteiger charge is 2.37. The molecule has 0 aromatic carbocycles. The number of hydrogen-bond acceptors (Lipinski definition) is 3. The SMILES string of the molecule is CNC(C)CNC(=O)C1CC2CCCCC2N1. The topological polar surface area (TPSA) is 53.2 Å². The van der Waals surface area contributed by atoms with Gasteiger partial charge in [-0.05, 0) is 39.2 Å². The van der Waals surface area contributed by atoms with Gasteiger partial charge in [-0.25, -0.2) is 0 Å². The fraction of sp³-hybridized carbons (Fsp3) is 0.923. The summed E-state index contributed by atoms with van der Waals surface area (Å²) in [6.45, 7) is 2.78. The molecule has 2 rings (SSSR count). The maximum absolute atomic E-state index is 12.0. The lowest BCUT2D eigenvalue weighted by Crippen LogP contribution is -2.46. The van der Waals surface area contributed by atoms with Gasteiger partial charge in [-0.2, -0.15) is 0 Å². The van der Waals surface area contributed by atoms with E-state index in [0.29, 0.717) is 18.6 Å². The van der Waals surface area contributed by atoms with E-state index in [0.717, 1.165) is 12.3 Å². The molecule has 4 unspecified atom stereocenters. The Morgan fingerprint density at radius 3 is 2.88 bits per heavy atom. The van der Waals surface area contributed by atoms with E-state index in [1.165, 1.54) is 25.7 Å². The minimum atomic E-state index is 0.0483. The molecular formula is C13H25N3O. The van der Waals surface area contributed by atoms with Gasteiger partial charge in [-0.1, -0.05) is 12.8 Å². The average Bonchev–Trinajstić information content (AvgIpc) is 2.79. The maximum Gasteiger partial charge on any atom is 0.237 e. The summed E-state index contributed by atoms with van der Waals surface area (Å²) in [5.41, 5.74) is 0. The van der Waals surface area contributed by atoms with Crippen molar-refractivity contribution >= 4 is 5.91 Å². The molecule has 98 valence electrons. The molecule has 1 heterocycles. The van der Waals surface area contributed by atoms with Crippen LogP contribution in [0.5, 0.6) is 0 Å². The van der Waals surface area contributed by atoms with E-state index in [2.05, 4.69) is 22.9 Å². The zero-order valence-electron chi connectivity index (χ0n) is 11.0. The van der Waals surface area contributed by atoms with Gasteiger partial charge in [0, 0.05) is 18.6 Å². The third kappa shape index (κ3) is 3.19. The molecule has 2 aliphatic rings. The summed E-state index contributed by atoms with van der Waals surface area (Å²) in [4.78, 5) is 12.0. The number of rotatable bonds is 4. The van der Waals surface area contributed by atoms with Crippen molar-refractivity contribution in [1.29, 1.82) is 0 Å². The molecule has 1 saturated carbocycles. The summed E-state index contributed by atoms with van der Waals surface area (Å²) >= 11 is 0. The van der Waals surface area contributed by atoms with Crippen molar-refractivity contribution in [2.24, 2.45) is 5.92 Å². The van der Waals surface area contributed by atoms with Crippen LogP contribution in [0, 0.1) is 5.92 Å². The molecule has 0 aromatic rings. The zero-order valence-corrected chi connectivity index (χ0v) is 11.0. The molecule has 4 nitrogen and oxygen atoms in total. The van der Waals surface area contributed by atoms with Crippen LogP contribution in [0.25, 0.3) is 0 Å². The number of amides is 1. The fourth-order valence-electron chi connectivity index (χ4n) is 3.00. The first-order valence-electron chi connectivity index (χ1n) is 6.91. The van der Waals surface area contributed by atoms with E-state index in [1.807, 2.05) is 7.05 Å². The Morgan fingerprint density at radius 2 is 2.18 bits per heavy atom. The third-order valence-corrected chi connectivity index (χ3v) is 4.25. The van der Waals surface area contributed by atoms with Crippen LogP contribution in [-0.4, -0.2) is 37.6 Å². The lowest BCUT2D eigenvalue weighted by atomic mass is 9.85. The quantitative estimate of drug-likeness (QED) is 0.674. The minimum Gasteiger partial charge on any atom is -0.353 e. The van der Waals surface area contributed by atoms with Crippen LogP contribution in [0.4, 0.5) is 0 Å². The van der Waals surface area contributed by atoms with Gasteiger partial charge >= 0.3 is 0 Å². The molecule has 17 heavy (non-hydrogen) atoms. The van der Waals surface area contributed by atoms with Crippen molar-refractivity contribution in [1.82, 2.24) is 16.0 Å². The summed E-state index contributed by atoms with van der Waals surface area (Å²) in [5.74, 6) is 0.919. The number of fused-ring (bicyclic) bond motifs is 1. The Labute approximate surface area is 104 Å². The van der Waals surface area contributed by atoms with Crippen LogP contribution in [0.2, 0.25) is 0 Å². The number of nitrogens with one attached hydrogen (secondary N) is 3. The van der Waals surface area contributed by atoms with Gasteiger partial charge in [0.1, 0.15) is 0 Å². The second-order valence-electron chi connectivity index (χ2n) is 5.54. The van der Waals surface area contributed by atoms with Gasteiger partial charge < -0.3 is 16.0 Å². The first-order valence-corrected chi connectivity index (χ1v) is 6.91. The van der Waals surface area contributed by atoms with Crippen molar-refractivity contribution in [2.75, 3.05) is 13.6 Å². The van der Waals surface area contributed by atoms with Gasteiger partial charge in [-0.15, -0.1) is 0 Å². The second kappa shape index (κ2) is 5.83. The molecule has 0 bridgehead atoms. The standard InChI is InChI=1S/C13H25N3O/c1-9(14-2)8-15-13(17)12-7-10-5-3-4-6-11(10)16-12/h9-12,14,16H,3-8H2,1-2H3,(H,15,17). The van der Waals surface area contributed by atoms with Crippen molar-refractivity contribution in [2.45, 2.75) is 57.2 Å². The van der Waals surface area contributed by atoms with E-state index >= 15 is 0 Å². The predicted octanol–water partition coefficient (Wildman–Crippen LogP) is 0.631. The summed E-state index contributed by atoms with van der Waals surface area (Å²) in [6.07, 6.45) is 6.24. The second-order valence-corrected chi connectivity index (χ2v) is 5.54. The Balaban J connectivity index is 1.77. The van der Waals surface area contributed by atoms with Gasteiger partial charge in [0.05, 0.1) is 6.04 Å². The van der Waals surface area contributed by atoms with E-state index in [1.54, 1.807) is 0 Å². The zero-order chi connectivity index (χ0) is 12.3. The van der Waals surface area contributed by atoms with Gasteiger partial charge in [0.2, 0.25) is 5.91 Å². The van der Waals surface area contributed by atoms with Crippen LogP contribution in [0.15, 0.2) is 0 Å². The largest absolute Gasteiger partial charge is 0.353 e. The molecule has 0 radical (unpaired) electrons. The van der Waals surface area contributed by atoms with E-state index in [-0.39, 0.29) is 11.9 Å². The average molecular weight is 239 g/mol. The highest BCUT2D eigenvalue weighted by atomic mass is 16.2. The fourth-order valence-corrected chi connectivity index (χ4v) is 3.00. The van der Waals surface area contributed by atoms with Crippen molar-refractivity contribution in [3.63, 3.8) is 0 Å². The van der Waals surface area contributed by atoms with Crippen molar-refractivity contribution < 1.29 is 4.79 Å². The van der Waals surface area contributed by atoms with Crippen LogP contribution >= 0.6 is 0 Å². The van der Waals surface area contributed by atoms with E-state index in [9.17, 15) is 4.79 Å². The molecule has 1 saturated heterocycles. The normalized spacial score (nSPS) is 34.1. The lowest BCUT2D eigenvalue weighted by Gasteiger charge is -2.24. The number of likely N-dealkylation sites (N-methyl/N-ethyl adjacent to an activating group) is 1. The number of carbonyl (C=O) groups is 1. The summed E-state index contributed by atoms with van der Waals surface area (Å²) in [6, 6.07) is 0.982. The Morgan fingerprint density at radius 1 is 1.41 bits per heavy atom. The predicted molar refractivity (Wildman–Crippen MR) is 68.8 cm³/mol. The first kappa shape index (κ1) is 12.8. The van der Waals surface area contributed by atoms with E-state index < -0.39 is 0 Å². The van der Waals surface area contributed by atoms with Crippen LogP contribution in [0.1, 0.15) is 39.0 Å². The minimum absolute atomic E-state index is 0.0483. The number of carbonyl (C=O) groups excluding carboxylic acids is 1. The molecule has 3 N–H and O–H groups in total.